The van der Waals surface area contributed by atoms with Crippen molar-refractivity contribution < 1.29 is 26.7 Å². The van der Waals surface area contributed by atoms with Gasteiger partial charge in [-0.15, -0.1) is 0 Å². The molecule has 1 unspecified atom stereocenters. The minimum Gasteiger partial charge on any atom is -0.351 e. The van der Waals surface area contributed by atoms with Crippen molar-refractivity contribution in [2.45, 2.75) is 19.5 Å². The lowest BCUT2D eigenvalue weighted by atomic mass is 10.1. The van der Waals surface area contributed by atoms with Crippen LogP contribution < -0.4 is 0 Å². The maximum absolute atomic E-state index is 13.2. The average molecular weight is 230 g/mol. The van der Waals surface area contributed by atoms with Crippen LogP contribution in [0.3, 0.4) is 0 Å². The molecule has 1 nitrogen and oxygen atoms in total. The van der Waals surface area contributed by atoms with Crippen LogP contribution in [0.2, 0.25) is 0 Å². The molecule has 88 valence electrons. The third-order valence-corrected chi connectivity index (χ3v) is 1.78. The van der Waals surface area contributed by atoms with Gasteiger partial charge in [-0.05, 0) is 0 Å². The van der Waals surface area contributed by atoms with Crippen LogP contribution in [-0.4, -0.2) is 19.6 Å². The maximum Gasteiger partial charge on any atom is 0.418 e. The van der Waals surface area contributed by atoms with Crippen LogP contribution in [0.5, 0.6) is 0 Å². The summed E-state index contributed by atoms with van der Waals surface area (Å²) in [6.45, 7) is 3.79. The summed E-state index contributed by atoms with van der Waals surface area (Å²) < 4.78 is 66.5. The largest absolute Gasteiger partial charge is 0.418 e. The third kappa shape index (κ3) is 3.62. The summed E-state index contributed by atoms with van der Waals surface area (Å²) in [5.74, 6) is -3.24. The first-order valence-electron chi connectivity index (χ1n) is 4.01. The topological polar surface area (TPSA) is 9.23 Å². The molecule has 0 saturated carbocycles. The van der Waals surface area contributed by atoms with E-state index in [1.807, 2.05) is 0 Å². The minimum atomic E-state index is -4.88. The second-order valence-electron chi connectivity index (χ2n) is 2.84. The van der Waals surface area contributed by atoms with Crippen LogP contribution >= 0.6 is 0 Å². The van der Waals surface area contributed by atoms with E-state index in [-0.39, 0.29) is 0 Å². The lowest BCUT2D eigenvalue weighted by Gasteiger charge is -2.17. The Balaban J connectivity index is 5.12. The predicted octanol–water partition coefficient (Wildman–Crippen LogP) is 3.54. The lowest BCUT2D eigenvalue weighted by molar-refractivity contribution is -0.0929. The van der Waals surface area contributed by atoms with E-state index in [9.17, 15) is 22.0 Å². The number of alkyl halides is 4. The van der Waals surface area contributed by atoms with Gasteiger partial charge in [-0.1, -0.05) is 19.6 Å². The fraction of sp³-hybridized carbons (Fsp3) is 0.556. The van der Waals surface area contributed by atoms with Crippen molar-refractivity contribution in [2.75, 3.05) is 7.11 Å². The van der Waals surface area contributed by atoms with Gasteiger partial charge in [-0.2, -0.15) is 13.2 Å². The van der Waals surface area contributed by atoms with Crippen molar-refractivity contribution in [3.63, 3.8) is 0 Å². The smallest absolute Gasteiger partial charge is 0.351 e. The first kappa shape index (κ1) is 14.1. The molecule has 0 bridgehead atoms. The predicted molar refractivity (Wildman–Crippen MR) is 45.5 cm³/mol. The van der Waals surface area contributed by atoms with E-state index in [1.54, 1.807) is 0 Å². The molecule has 0 rings (SSSR count). The van der Waals surface area contributed by atoms with Gasteiger partial charge >= 0.3 is 6.18 Å². The Morgan fingerprint density at radius 1 is 1.40 bits per heavy atom. The highest BCUT2D eigenvalue weighted by Gasteiger charge is 2.37. The molecule has 0 saturated heterocycles. The number of allylic oxidation sites excluding steroid dienone is 2. The summed E-state index contributed by atoms with van der Waals surface area (Å²) in [4.78, 5) is 0. The van der Waals surface area contributed by atoms with Crippen LogP contribution in [0.15, 0.2) is 24.1 Å². The number of hydrogen-bond donors (Lipinski definition) is 0. The molecule has 6 heteroatoms. The molecule has 0 aromatic rings. The monoisotopic (exact) mass is 230 g/mol. The number of methoxy groups -OCH3 is 1. The molecular weight excluding hydrogens is 219 g/mol. The highest BCUT2D eigenvalue weighted by Crippen LogP contribution is 2.33. The SMILES string of the molecule is C=C/C(=C(/F)[C@H](C)C(F)OC)C(F)(F)F. The Morgan fingerprint density at radius 3 is 2.13 bits per heavy atom. The van der Waals surface area contributed by atoms with Gasteiger partial charge in [0.25, 0.3) is 0 Å². The van der Waals surface area contributed by atoms with Crippen molar-refractivity contribution in [1.82, 2.24) is 0 Å². The fourth-order valence-electron chi connectivity index (χ4n) is 0.913. The van der Waals surface area contributed by atoms with Gasteiger partial charge in [0.2, 0.25) is 6.36 Å². The van der Waals surface area contributed by atoms with Gasteiger partial charge in [0.1, 0.15) is 5.83 Å². The van der Waals surface area contributed by atoms with E-state index >= 15 is 0 Å². The Kier molecular flexibility index (Phi) is 4.93. The number of hydrogen-bond acceptors (Lipinski definition) is 1. The fourth-order valence-corrected chi connectivity index (χ4v) is 0.913. The van der Waals surface area contributed by atoms with Crippen molar-refractivity contribution in [3.05, 3.63) is 24.1 Å². The normalized spacial score (nSPS) is 18.1. The highest BCUT2D eigenvalue weighted by molar-refractivity contribution is 5.26. The third-order valence-electron chi connectivity index (χ3n) is 1.78. The average Bonchev–Trinajstić information content (AvgIpc) is 2.14. The zero-order valence-corrected chi connectivity index (χ0v) is 8.24. The van der Waals surface area contributed by atoms with Crippen molar-refractivity contribution in [2.24, 2.45) is 5.92 Å². The van der Waals surface area contributed by atoms with Gasteiger partial charge in [0, 0.05) is 7.11 Å². The highest BCUT2D eigenvalue weighted by atomic mass is 19.4. The molecule has 0 aromatic heterocycles. The molecule has 0 fully saturated rings. The zero-order valence-electron chi connectivity index (χ0n) is 8.24. The molecule has 0 aliphatic carbocycles. The first-order chi connectivity index (χ1) is 6.75. The molecule has 0 radical (unpaired) electrons. The van der Waals surface area contributed by atoms with E-state index in [0.717, 1.165) is 14.0 Å². The Labute approximate surface area is 84.2 Å². The molecule has 0 N–H and O–H groups in total. The molecule has 0 aromatic carbocycles. The lowest BCUT2D eigenvalue weighted by Crippen LogP contribution is -2.20. The summed E-state index contributed by atoms with van der Waals surface area (Å²) >= 11 is 0. The second kappa shape index (κ2) is 5.25. The molecular formula is C9H11F5O. The van der Waals surface area contributed by atoms with E-state index in [2.05, 4.69) is 11.3 Å². The van der Waals surface area contributed by atoms with Gasteiger partial charge in [0.05, 0.1) is 11.5 Å². The van der Waals surface area contributed by atoms with Gasteiger partial charge in [0.15, 0.2) is 0 Å². The van der Waals surface area contributed by atoms with Gasteiger partial charge in [-0.25, -0.2) is 8.78 Å². The van der Waals surface area contributed by atoms with E-state index < -0.39 is 29.9 Å². The maximum atomic E-state index is 13.2. The molecule has 0 amide bonds. The Morgan fingerprint density at radius 2 is 1.87 bits per heavy atom. The molecule has 0 aliphatic heterocycles. The molecule has 15 heavy (non-hydrogen) atoms. The van der Waals surface area contributed by atoms with Gasteiger partial charge in [-0.3, -0.25) is 0 Å². The summed E-state index contributed by atoms with van der Waals surface area (Å²) in [5, 5.41) is 0. The number of halogens is 5. The van der Waals surface area contributed by atoms with Crippen molar-refractivity contribution in [1.29, 1.82) is 0 Å². The summed E-state index contributed by atoms with van der Waals surface area (Å²) in [6.07, 6.45) is -6.69. The second-order valence-corrected chi connectivity index (χ2v) is 2.84. The van der Waals surface area contributed by atoms with Crippen LogP contribution in [0.4, 0.5) is 22.0 Å². The Hall–Kier alpha value is -0.910. The quantitative estimate of drug-likeness (QED) is 0.530. The van der Waals surface area contributed by atoms with E-state index in [0.29, 0.717) is 6.08 Å². The molecule has 0 heterocycles. The molecule has 0 aliphatic rings. The van der Waals surface area contributed by atoms with Crippen LogP contribution in [-0.2, 0) is 4.74 Å². The van der Waals surface area contributed by atoms with Crippen LogP contribution in [0, 0.1) is 5.92 Å². The van der Waals surface area contributed by atoms with E-state index in [1.165, 1.54) is 0 Å². The summed E-state index contributed by atoms with van der Waals surface area (Å²) in [7, 11) is 0.940. The van der Waals surface area contributed by atoms with Crippen LogP contribution in [0.1, 0.15) is 6.92 Å². The van der Waals surface area contributed by atoms with Gasteiger partial charge < -0.3 is 4.74 Å². The number of ether oxygens (including phenoxy) is 1. The summed E-state index contributed by atoms with van der Waals surface area (Å²) in [5.41, 5.74) is -1.57. The molecule has 0 spiro atoms. The van der Waals surface area contributed by atoms with Crippen molar-refractivity contribution in [3.8, 4) is 0 Å². The first-order valence-corrected chi connectivity index (χ1v) is 4.01. The zero-order chi connectivity index (χ0) is 12.2. The number of rotatable bonds is 4. The minimum absolute atomic E-state index is 0.314. The molecule has 2 atom stereocenters. The standard InChI is InChI=1S/C9H11F5O/c1-4-6(9(12,13)14)7(10)5(2)8(11)15-3/h4-5,8H,1H2,2-3H3/b7-6-/t5-,8?/m0/s1. The van der Waals surface area contributed by atoms with Crippen LogP contribution in [0.25, 0.3) is 0 Å². The Bertz CT molecular complexity index is 256. The van der Waals surface area contributed by atoms with E-state index in [4.69, 9.17) is 0 Å². The van der Waals surface area contributed by atoms with Crippen molar-refractivity contribution >= 4 is 0 Å². The summed E-state index contributed by atoms with van der Waals surface area (Å²) in [6, 6.07) is 0.